The molecule has 0 amide bonds. The van der Waals surface area contributed by atoms with Gasteiger partial charge in [0.25, 0.3) is 0 Å². The number of hydrogen-bond donors (Lipinski definition) is 0. The predicted molar refractivity (Wildman–Crippen MR) is 103 cm³/mol. The first-order valence-corrected chi connectivity index (χ1v) is 9.82. The molecule has 0 atom stereocenters. The van der Waals surface area contributed by atoms with Crippen molar-refractivity contribution in [2.45, 2.75) is 59.8 Å². The second-order valence-corrected chi connectivity index (χ2v) is 8.30. The molecular formula is C20H29NO2S. The van der Waals surface area contributed by atoms with Crippen molar-refractivity contribution in [1.29, 1.82) is 0 Å². The first-order valence-electron chi connectivity index (χ1n) is 8.84. The summed E-state index contributed by atoms with van der Waals surface area (Å²) in [5, 5.41) is 0. The van der Waals surface area contributed by atoms with E-state index in [2.05, 4.69) is 39.0 Å². The van der Waals surface area contributed by atoms with Gasteiger partial charge in [0, 0.05) is 10.7 Å². The van der Waals surface area contributed by atoms with E-state index >= 15 is 0 Å². The SMILES string of the molecule is CCOC(=O)CCSC1=C(C)CC(C)(C)CC1=NC1=CCCC=C1. The first-order chi connectivity index (χ1) is 11.4. The van der Waals surface area contributed by atoms with E-state index in [0.29, 0.717) is 13.0 Å². The minimum Gasteiger partial charge on any atom is -0.466 e. The van der Waals surface area contributed by atoms with Crippen LogP contribution in [0.3, 0.4) is 0 Å². The molecule has 0 radical (unpaired) electrons. The Bertz CT molecular complexity index is 597. The van der Waals surface area contributed by atoms with E-state index in [0.717, 1.165) is 37.1 Å². The van der Waals surface area contributed by atoms with Gasteiger partial charge in [0.1, 0.15) is 0 Å². The molecule has 0 heterocycles. The highest BCUT2D eigenvalue weighted by Crippen LogP contribution is 2.41. The molecule has 4 heteroatoms. The Kier molecular flexibility index (Phi) is 6.90. The highest BCUT2D eigenvalue weighted by molar-refractivity contribution is 8.04. The molecule has 0 bridgehead atoms. The summed E-state index contributed by atoms with van der Waals surface area (Å²) >= 11 is 1.75. The predicted octanol–water partition coefficient (Wildman–Crippen LogP) is 5.44. The molecule has 0 saturated carbocycles. The Morgan fingerprint density at radius 2 is 2.12 bits per heavy atom. The second-order valence-electron chi connectivity index (χ2n) is 7.20. The number of hydrogen-bond acceptors (Lipinski definition) is 4. The average molecular weight is 348 g/mol. The van der Waals surface area contributed by atoms with Gasteiger partial charge >= 0.3 is 5.97 Å². The molecule has 0 saturated heterocycles. The van der Waals surface area contributed by atoms with Gasteiger partial charge < -0.3 is 4.74 Å². The molecule has 2 aliphatic rings. The fourth-order valence-corrected chi connectivity index (χ4v) is 4.32. The third kappa shape index (κ3) is 5.66. The van der Waals surface area contributed by atoms with E-state index in [1.165, 1.54) is 16.2 Å². The summed E-state index contributed by atoms with van der Waals surface area (Å²) in [5.74, 6) is 0.635. The van der Waals surface area contributed by atoms with Crippen LogP contribution in [0.5, 0.6) is 0 Å². The van der Waals surface area contributed by atoms with Crippen molar-refractivity contribution in [3.05, 3.63) is 34.4 Å². The quantitative estimate of drug-likeness (QED) is 0.600. The first kappa shape index (κ1) is 19.0. The Balaban J connectivity index is 2.13. The summed E-state index contributed by atoms with van der Waals surface area (Å²) in [6.45, 7) is 9.10. The lowest BCUT2D eigenvalue weighted by atomic mass is 9.77. The summed E-state index contributed by atoms with van der Waals surface area (Å²) in [6, 6.07) is 0. The zero-order chi connectivity index (χ0) is 17.6. The number of esters is 1. The van der Waals surface area contributed by atoms with Crippen molar-refractivity contribution in [3.63, 3.8) is 0 Å². The molecule has 0 fully saturated rings. The maximum Gasteiger partial charge on any atom is 0.306 e. The van der Waals surface area contributed by atoms with Gasteiger partial charge in [0.15, 0.2) is 0 Å². The van der Waals surface area contributed by atoms with Crippen LogP contribution in [-0.4, -0.2) is 24.0 Å². The van der Waals surface area contributed by atoms with E-state index in [9.17, 15) is 4.79 Å². The Morgan fingerprint density at radius 3 is 2.79 bits per heavy atom. The summed E-state index contributed by atoms with van der Waals surface area (Å²) in [6.07, 6.45) is 11.2. The van der Waals surface area contributed by atoms with E-state index in [4.69, 9.17) is 9.73 Å². The van der Waals surface area contributed by atoms with Crippen molar-refractivity contribution >= 4 is 23.4 Å². The molecule has 0 N–H and O–H groups in total. The maximum absolute atomic E-state index is 11.6. The monoisotopic (exact) mass is 347 g/mol. The van der Waals surface area contributed by atoms with Crippen LogP contribution in [0.1, 0.15) is 59.8 Å². The zero-order valence-corrected chi connectivity index (χ0v) is 16.2. The minimum absolute atomic E-state index is 0.115. The van der Waals surface area contributed by atoms with Crippen LogP contribution in [-0.2, 0) is 9.53 Å². The number of allylic oxidation sites excluding steroid dienone is 5. The number of ether oxygens (including phenoxy) is 1. The number of thioether (sulfide) groups is 1. The Morgan fingerprint density at radius 1 is 1.33 bits per heavy atom. The molecule has 3 nitrogen and oxygen atoms in total. The Hall–Kier alpha value is -1.29. The lowest BCUT2D eigenvalue weighted by molar-refractivity contribution is -0.142. The van der Waals surface area contributed by atoms with Crippen molar-refractivity contribution < 1.29 is 9.53 Å². The van der Waals surface area contributed by atoms with Crippen LogP contribution in [0.15, 0.2) is 39.4 Å². The highest BCUT2D eigenvalue weighted by Gasteiger charge is 2.30. The number of carbonyl (C=O) groups excluding carboxylic acids is 1. The van der Waals surface area contributed by atoms with Crippen LogP contribution in [0, 0.1) is 5.41 Å². The molecule has 0 unspecified atom stereocenters. The largest absolute Gasteiger partial charge is 0.466 e. The molecule has 0 aromatic heterocycles. The molecule has 0 aromatic carbocycles. The van der Waals surface area contributed by atoms with Crippen molar-refractivity contribution in [1.82, 2.24) is 0 Å². The van der Waals surface area contributed by atoms with Gasteiger partial charge in [-0.25, -0.2) is 0 Å². The van der Waals surface area contributed by atoms with Gasteiger partial charge in [-0.15, -0.1) is 11.8 Å². The van der Waals surface area contributed by atoms with E-state index < -0.39 is 0 Å². The summed E-state index contributed by atoms with van der Waals surface area (Å²) in [5.41, 5.74) is 3.88. The molecule has 132 valence electrons. The highest BCUT2D eigenvalue weighted by atomic mass is 32.2. The normalized spacial score (nSPS) is 21.8. The molecule has 0 spiro atoms. The topological polar surface area (TPSA) is 38.7 Å². The van der Waals surface area contributed by atoms with E-state index in [-0.39, 0.29) is 11.4 Å². The molecule has 2 aliphatic carbocycles. The summed E-state index contributed by atoms with van der Waals surface area (Å²) in [4.78, 5) is 17.8. The van der Waals surface area contributed by atoms with Gasteiger partial charge in [-0.1, -0.05) is 31.6 Å². The van der Waals surface area contributed by atoms with Crippen LogP contribution in [0.2, 0.25) is 0 Å². The number of aliphatic imine (C=N–C) groups is 1. The van der Waals surface area contributed by atoms with Crippen molar-refractivity contribution in [3.8, 4) is 0 Å². The fourth-order valence-electron chi connectivity index (χ4n) is 3.25. The fraction of sp³-hybridized carbons (Fsp3) is 0.600. The smallest absolute Gasteiger partial charge is 0.306 e. The third-order valence-corrected chi connectivity index (χ3v) is 5.42. The number of carbonyl (C=O) groups is 1. The lowest BCUT2D eigenvalue weighted by Crippen LogP contribution is -2.24. The van der Waals surface area contributed by atoms with Crippen LogP contribution < -0.4 is 0 Å². The second kappa shape index (κ2) is 8.70. The number of rotatable bonds is 6. The molecule has 2 rings (SSSR count). The van der Waals surface area contributed by atoms with E-state index in [1.807, 2.05) is 6.92 Å². The molecular weight excluding hydrogens is 318 g/mol. The standard InChI is InChI=1S/C20H29NO2S/c1-5-23-18(22)11-12-24-19-15(2)13-20(3,4)14-17(19)21-16-9-7-6-8-10-16/h7,9-10H,5-6,8,11-14H2,1-4H3. The molecule has 0 aromatic rings. The average Bonchev–Trinajstić information content (AvgIpc) is 2.50. The van der Waals surface area contributed by atoms with Crippen molar-refractivity contribution in [2.75, 3.05) is 12.4 Å². The van der Waals surface area contributed by atoms with Gasteiger partial charge in [-0.2, -0.15) is 0 Å². The van der Waals surface area contributed by atoms with Gasteiger partial charge in [-0.3, -0.25) is 9.79 Å². The van der Waals surface area contributed by atoms with Crippen LogP contribution in [0.25, 0.3) is 0 Å². The summed E-state index contributed by atoms with van der Waals surface area (Å²) in [7, 11) is 0. The number of nitrogens with zero attached hydrogens (tertiary/aromatic N) is 1. The lowest BCUT2D eigenvalue weighted by Gasteiger charge is -2.33. The molecule has 24 heavy (non-hydrogen) atoms. The van der Waals surface area contributed by atoms with Gasteiger partial charge in [-0.05, 0) is 51.0 Å². The summed E-state index contributed by atoms with van der Waals surface area (Å²) < 4.78 is 5.02. The van der Waals surface area contributed by atoms with E-state index in [1.54, 1.807) is 11.8 Å². The Labute approximate surface area is 150 Å². The molecule has 0 aliphatic heterocycles. The minimum atomic E-state index is -0.115. The van der Waals surface area contributed by atoms with Gasteiger partial charge in [0.05, 0.1) is 24.4 Å². The third-order valence-electron chi connectivity index (χ3n) is 4.14. The van der Waals surface area contributed by atoms with Crippen LogP contribution >= 0.6 is 11.8 Å². The maximum atomic E-state index is 11.6. The zero-order valence-electron chi connectivity index (χ0n) is 15.4. The van der Waals surface area contributed by atoms with Crippen LogP contribution in [0.4, 0.5) is 0 Å². The van der Waals surface area contributed by atoms with Crippen molar-refractivity contribution in [2.24, 2.45) is 10.4 Å². The van der Waals surface area contributed by atoms with Gasteiger partial charge in [0.2, 0.25) is 0 Å².